The molecule has 2 rings (SSSR count). The largest absolute Gasteiger partial charge is 0.334 e. The minimum Gasteiger partial charge on any atom is -0.334 e. The van der Waals surface area contributed by atoms with Crippen LogP contribution >= 0.6 is 0 Å². The van der Waals surface area contributed by atoms with Crippen LogP contribution in [0.2, 0.25) is 0 Å². The summed E-state index contributed by atoms with van der Waals surface area (Å²) in [6, 6.07) is 9.32. The van der Waals surface area contributed by atoms with Gasteiger partial charge in [-0.2, -0.15) is 5.26 Å². The molecule has 1 amide bonds. The molecule has 2 N–H and O–H groups in total. The number of nitrogens with zero attached hydrogens (tertiary/aromatic N) is 2. The van der Waals surface area contributed by atoms with Gasteiger partial charge in [-0.1, -0.05) is 12.1 Å². The lowest BCUT2D eigenvalue weighted by molar-refractivity contribution is -0.137. The Bertz CT molecular complexity index is 492. The Labute approximate surface area is 107 Å². The number of hydrogen-bond acceptors (Lipinski definition) is 3. The fourth-order valence-corrected chi connectivity index (χ4v) is 2.57. The van der Waals surface area contributed by atoms with Crippen molar-refractivity contribution in [3.8, 4) is 6.07 Å². The molecule has 4 nitrogen and oxygen atoms in total. The monoisotopic (exact) mass is 243 g/mol. The topological polar surface area (TPSA) is 70.1 Å². The van der Waals surface area contributed by atoms with Gasteiger partial charge in [-0.15, -0.1) is 0 Å². The minimum absolute atomic E-state index is 0.0587. The highest BCUT2D eigenvalue weighted by Crippen LogP contribution is 2.30. The number of piperidine rings is 1. The number of likely N-dealkylation sites (N-methyl/N-ethyl adjacent to an activating group) is 1. The second-order valence-electron chi connectivity index (χ2n) is 4.56. The molecule has 1 aliphatic rings. The Morgan fingerprint density at radius 2 is 2.33 bits per heavy atom. The summed E-state index contributed by atoms with van der Waals surface area (Å²) in [6.45, 7) is 2.60. The Hall–Kier alpha value is -1.86. The van der Waals surface area contributed by atoms with Gasteiger partial charge >= 0.3 is 0 Å². The summed E-state index contributed by atoms with van der Waals surface area (Å²) < 4.78 is 0. The molecule has 1 aromatic carbocycles. The van der Waals surface area contributed by atoms with Crippen LogP contribution in [0.1, 0.15) is 36.9 Å². The zero-order chi connectivity index (χ0) is 13.1. The van der Waals surface area contributed by atoms with Gasteiger partial charge in [0.25, 0.3) is 0 Å². The van der Waals surface area contributed by atoms with Crippen LogP contribution in [0.5, 0.6) is 0 Å². The van der Waals surface area contributed by atoms with E-state index in [1.165, 1.54) is 0 Å². The molecular formula is C14H17N3O. The first kappa shape index (κ1) is 12.6. The maximum absolute atomic E-state index is 11.9. The van der Waals surface area contributed by atoms with Gasteiger partial charge in [-0.25, -0.2) is 0 Å². The molecule has 0 radical (unpaired) electrons. The lowest BCUT2D eigenvalue weighted by Gasteiger charge is -2.39. The molecule has 1 fully saturated rings. The number of carbonyl (C=O) groups excluding carboxylic acids is 1. The van der Waals surface area contributed by atoms with E-state index in [1.54, 1.807) is 6.07 Å². The van der Waals surface area contributed by atoms with Gasteiger partial charge in [-0.05, 0) is 31.0 Å². The van der Waals surface area contributed by atoms with Crippen molar-refractivity contribution in [3.63, 3.8) is 0 Å². The van der Waals surface area contributed by atoms with E-state index >= 15 is 0 Å². The molecule has 2 unspecified atom stereocenters. The van der Waals surface area contributed by atoms with Crippen molar-refractivity contribution in [3.05, 3.63) is 35.4 Å². The van der Waals surface area contributed by atoms with Gasteiger partial charge in [0.2, 0.25) is 5.91 Å². The third-order valence-corrected chi connectivity index (χ3v) is 3.45. The quantitative estimate of drug-likeness (QED) is 0.857. The molecule has 1 saturated heterocycles. The molecular weight excluding hydrogens is 226 g/mol. The van der Waals surface area contributed by atoms with Crippen LogP contribution < -0.4 is 5.73 Å². The van der Waals surface area contributed by atoms with Gasteiger partial charge < -0.3 is 10.6 Å². The van der Waals surface area contributed by atoms with E-state index in [4.69, 9.17) is 11.0 Å². The summed E-state index contributed by atoms with van der Waals surface area (Å²) in [5.74, 6) is 0.145. The molecule has 0 spiro atoms. The van der Waals surface area contributed by atoms with E-state index in [-0.39, 0.29) is 18.0 Å². The molecule has 1 aromatic rings. The highest BCUT2D eigenvalue weighted by molar-refractivity contribution is 5.78. The standard InChI is InChI=1S/C14H17N3O/c1-2-17-13(18)7-6-12(16)14(17)11-5-3-4-10(8-11)9-15/h3-5,8,12,14H,2,6-7,16H2,1H3. The number of rotatable bonds is 2. The lowest BCUT2D eigenvalue weighted by atomic mass is 9.90. The molecule has 1 aliphatic heterocycles. The normalized spacial score (nSPS) is 23.8. The summed E-state index contributed by atoms with van der Waals surface area (Å²) in [5, 5.41) is 8.94. The molecule has 1 heterocycles. The van der Waals surface area contributed by atoms with Crippen LogP contribution in [0.15, 0.2) is 24.3 Å². The van der Waals surface area contributed by atoms with Gasteiger partial charge in [0.05, 0.1) is 17.7 Å². The van der Waals surface area contributed by atoms with Crippen LogP contribution in [-0.2, 0) is 4.79 Å². The smallest absolute Gasteiger partial charge is 0.223 e. The fourth-order valence-electron chi connectivity index (χ4n) is 2.57. The summed E-state index contributed by atoms with van der Waals surface area (Å²) in [5.41, 5.74) is 7.71. The van der Waals surface area contributed by atoms with Crippen molar-refractivity contribution >= 4 is 5.91 Å². The van der Waals surface area contributed by atoms with Crippen LogP contribution in [-0.4, -0.2) is 23.4 Å². The number of amides is 1. The third kappa shape index (κ3) is 2.22. The molecule has 2 atom stereocenters. The van der Waals surface area contributed by atoms with Gasteiger partial charge in [0.1, 0.15) is 0 Å². The highest BCUT2D eigenvalue weighted by atomic mass is 16.2. The van der Waals surface area contributed by atoms with E-state index in [2.05, 4.69) is 6.07 Å². The summed E-state index contributed by atoms with van der Waals surface area (Å²) in [7, 11) is 0. The number of hydrogen-bond donors (Lipinski definition) is 1. The van der Waals surface area contributed by atoms with E-state index < -0.39 is 0 Å². The van der Waals surface area contributed by atoms with E-state index in [0.717, 1.165) is 5.56 Å². The number of likely N-dealkylation sites (tertiary alicyclic amines) is 1. The Morgan fingerprint density at radius 1 is 1.56 bits per heavy atom. The van der Waals surface area contributed by atoms with Crippen LogP contribution in [0.3, 0.4) is 0 Å². The molecule has 0 bridgehead atoms. The molecule has 0 aromatic heterocycles. The predicted molar refractivity (Wildman–Crippen MR) is 68.5 cm³/mol. The fraction of sp³-hybridized carbons (Fsp3) is 0.429. The van der Waals surface area contributed by atoms with Crippen LogP contribution in [0.4, 0.5) is 0 Å². The van der Waals surface area contributed by atoms with Crippen molar-refractivity contribution < 1.29 is 4.79 Å². The van der Waals surface area contributed by atoms with Crippen molar-refractivity contribution in [2.24, 2.45) is 5.73 Å². The minimum atomic E-state index is -0.107. The Balaban J connectivity index is 2.38. The number of carbonyl (C=O) groups is 1. The maximum Gasteiger partial charge on any atom is 0.223 e. The zero-order valence-corrected chi connectivity index (χ0v) is 10.5. The second-order valence-corrected chi connectivity index (χ2v) is 4.56. The van der Waals surface area contributed by atoms with Crippen molar-refractivity contribution in [1.29, 1.82) is 5.26 Å². The second kappa shape index (κ2) is 5.19. The van der Waals surface area contributed by atoms with Crippen molar-refractivity contribution in [2.75, 3.05) is 6.54 Å². The Morgan fingerprint density at radius 3 is 3.00 bits per heavy atom. The molecule has 18 heavy (non-hydrogen) atoms. The highest BCUT2D eigenvalue weighted by Gasteiger charge is 2.33. The van der Waals surface area contributed by atoms with Gasteiger partial charge in [0, 0.05) is 19.0 Å². The SMILES string of the molecule is CCN1C(=O)CCC(N)C1c1cccc(C#N)c1. The van der Waals surface area contributed by atoms with E-state index in [1.807, 2.05) is 30.0 Å². The van der Waals surface area contributed by atoms with Crippen molar-refractivity contribution in [1.82, 2.24) is 4.90 Å². The van der Waals surface area contributed by atoms with E-state index in [9.17, 15) is 4.79 Å². The first-order valence-corrected chi connectivity index (χ1v) is 6.22. The molecule has 0 aliphatic carbocycles. The predicted octanol–water partition coefficient (Wildman–Crippen LogP) is 1.57. The third-order valence-electron chi connectivity index (χ3n) is 3.45. The molecule has 94 valence electrons. The van der Waals surface area contributed by atoms with Gasteiger partial charge in [0.15, 0.2) is 0 Å². The zero-order valence-electron chi connectivity index (χ0n) is 10.5. The van der Waals surface area contributed by atoms with E-state index in [0.29, 0.717) is 24.9 Å². The molecule has 0 saturated carbocycles. The number of nitriles is 1. The maximum atomic E-state index is 11.9. The van der Waals surface area contributed by atoms with Gasteiger partial charge in [-0.3, -0.25) is 4.79 Å². The first-order chi connectivity index (χ1) is 8.67. The average molecular weight is 243 g/mol. The number of benzene rings is 1. The van der Waals surface area contributed by atoms with Crippen molar-refractivity contribution in [2.45, 2.75) is 31.8 Å². The van der Waals surface area contributed by atoms with Crippen LogP contribution in [0.25, 0.3) is 0 Å². The summed E-state index contributed by atoms with van der Waals surface area (Å²) >= 11 is 0. The summed E-state index contributed by atoms with van der Waals surface area (Å²) in [4.78, 5) is 13.7. The first-order valence-electron chi connectivity index (χ1n) is 6.22. The molecule has 4 heteroatoms. The average Bonchev–Trinajstić information content (AvgIpc) is 2.41. The van der Waals surface area contributed by atoms with Crippen LogP contribution in [0, 0.1) is 11.3 Å². The lowest BCUT2D eigenvalue weighted by Crippen LogP contribution is -2.48. The summed E-state index contributed by atoms with van der Waals surface area (Å²) in [6.07, 6.45) is 1.22. The Kier molecular flexibility index (Phi) is 3.63. The number of nitrogens with two attached hydrogens (primary N) is 1.